The first-order chi connectivity index (χ1) is 13.0. The van der Waals surface area contributed by atoms with Gasteiger partial charge in [0.1, 0.15) is 5.75 Å². The molecule has 6 nitrogen and oxygen atoms in total. The van der Waals surface area contributed by atoms with Crippen molar-refractivity contribution in [2.45, 2.75) is 6.54 Å². The summed E-state index contributed by atoms with van der Waals surface area (Å²) >= 11 is 6.86. The zero-order valence-electron chi connectivity index (χ0n) is 14.4. The van der Waals surface area contributed by atoms with E-state index in [1.165, 1.54) is 0 Å². The largest absolute Gasteiger partial charge is 0.497 e. The predicted molar refractivity (Wildman–Crippen MR) is 111 cm³/mol. The molecule has 3 aromatic rings. The zero-order valence-corrected chi connectivity index (χ0v) is 17.6. The van der Waals surface area contributed by atoms with Gasteiger partial charge in [-0.05, 0) is 61.7 Å². The van der Waals surface area contributed by atoms with E-state index in [2.05, 4.69) is 47.5 Å². The highest BCUT2D eigenvalue weighted by molar-refractivity contribution is 9.13. The number of aromatic amines is 1. The van der Waals surface area contributed by atoms with Crippen LogP contribution in [0, 0.1) is 0 Å². The summed E-state index contributed by atoms with van der Waals surface area (Å²) in [6.07, 6.45) is 1.63. The lowest BCUT2D eigenvalue weighted by atomic mass is 10.1. The van der Waals surface area contributed by atoms with Crippen molar-refractivity contribution in [3.8, 4) is 5.75 Å². The SMILES string of the molecule is COc1ccc(CNC(=O)CNC(=O)c2c[nH]c3cc(Br)c(Br)cc23)cc1. The molecule has 140 valence electrons. The standard InChI is InChI=1S/C19H17Br2N3O3/c1-27-12-4-2-11(3-5-12)8-23-18(25)10-24-19(26)14-9-22-17-7-16(21)15(20)6-13(14)17/h2-7,9,22H,8,10H2,1H3,(H,23,25)(H,24,26). The van der Waals surface area contributed by atoms with Gasteiger partial charge in [-0.1, -0.05) is 12.1 Å². The minimum Gasteiger partial charge on any atom is -0.497 e. The molecule has 2 aromatic carbocycles. The van der Waals surface area contributed by atoms with E-state index in [9.17, 15) is 9.59 Å². The van der Waals surface area contributed by atoms with Crippen molar-refractivity contribution < 1.29 is 14.3 Å². The van der Waals surface area contributed by atoms with Crippen molar-refractivity contribution in [1.29, 1.82) is 0 Å². The number of ether oxygens (including phenoxy) is 1. The van der Waals surface area contributed by atoms with Crippen molar-refractivity contribution in [2.24, 2.45) is 0 Å². The summed E-state index contributed by atoms with van der Waals surface area (Å²) < 4.78 is 6.84. The molecule has 0 spiro atoms. The molecular weight excluding hydrogens is 478 g/mol. The Balaban J connectivity index is 1.55. The molecule has 27 heavy (non-hydrogen) atoms. The number of benzene rings is 2. The number of rotatable bonds is 6. The van der Waals surface area contributed by atoms with E-state index in [0.717, 1.165) is 31.2 Å². The summed E-state index contributed by atoms with van der Waals surface area (Å²) in [7, 11) is 1.60. The highest BCUT2D eigenvalue weighted by Gasteiger charge is 2.14. The molecule has 3 rings (SSSR count). The van der Waals surface area contributed by atoms with Crippen LogP contribution >= 0.6 is 31.9 Å². The van der Waals surface area contributed by atoms with E-state index in [1.807, 2.05) is 36.4 Å². The predicted octanol–water partition coefficient (Wildman–Crippen LogP) is 3.75. The van der Waals surface area contributed by atoms with Gasteiger partial charge in [0.05, 0.1) is 19.2 Å². The molecule has 1 aromatic heterocycles. The van der Waals surface area contributed by atoms with Crippen LogP contribution in [0.5, 0.6) is 5.75 Å². The Morgan fingerprint density at radius 3 is 2.48 bits per heavy atom. The van der Waals surface area contributed by atoms with Crippen molar-refractivity contribution in [3.63, 3.8) is 0 Å². The minimum absolute atomic E-state index is 0.0979. The van der Waals surface area contributed by atoms with Gasteiger partial charge in [-0.3, -0.25) is 9.59 Å². The monoisotopic (exact) mass is 493 g/mol. The Morgan fingerprint density at radius 1 is 1.07 bits per heavy atom. The molecule has 0 radical (unpaired) electrons. The fourth-order valence-electron chi connectivity index (χ4n) is 2.57. The Hall–Kier alpha value is -2.32. The second-order valence-electron chi connectivity index (χ2n) is 5.82. The maximum Gasteiger partial charge on any atom is 0.253 e. The molecular formula is C19H17Br2N3O3. The van der Waals surface area contributed by atoms with E-state index in [1.54, 1.807) is 13.3 Å². The van der Waals surface area contributed by atoms with E-state index >= 15 is 0 Å². The van der Waals surface area contributed by atoms with Crippen molar-refractivity contribution in [2.75, 3.05) is 13.7 Å². The van der Waals surface area contributed by atoms with Gasteiger partial charge in [0.15, 0.2) is 0 Å². The van der Waals surface area contributed by atoms with Crippen LogP contribution in [0.4, 0.5) is 0 Å². The molecule has 0 atom stereocenters. The van der Waals surface area contributed by atoms with Crippen LogP contribution in [-0.2, 0) is 11.3 Å². The zero-order chi connectivity index (χ0) is 19.4. The average Bonchev–Trinajstić information content (AvgIpc) is 3.07. The van der Waals surface area contributed by atoms with Crippen LogP contribution in [0.25, 0.3) is 10.9 Å². The maximum atomic E-state index is 12.4. The van der Waals surface area contributed by atoms with E-state index in [0.29, 0.717) is 12.1 Å². The van der Waals surface area contributed by atoms with Gasteiger partial charge < -0.3 is 20.4 Å². The molecule has 0 saturated carbocycles. The summed E-state index contributed by atoms with van der Waals surface area (Å²) in [4.78, 5) is 27.5. The number of aromatic nitrogens is 1. The third-order valence-corrected chi connectivity index (χ3v) is 5.87. The minimum atomic E-state index is -0.310. The summed E-state index contributed by atoms with van der Waals surface area (Å²) in [5.41, 5.74) is 2.27. The molecule has 0 bridgehead atoms. The summed E-state index contributed by atoms with van der Waals surface area (Å²) in [6, 6.07) is 11.2. The quantitative estimate of drug-likeness (QED) is 0.488. The first kappa shape index (κ1) is 19.4. The number of amides is 2. The molecule has 2 amide bonds. The number of fused-ring (bicyclic) bond motifs is 1. The van der Waals surface area contributed by atoms with Gasteiger partial charge in [0.25, 0.3) is 5.91 Å². The van der Waals surface area contributed by atoms with E-state index < -0.39 is 0 Å². The van der Waals surface area contributed by atoms with Crippen LogP contribution in [0.2, 0.25) is 0 Å². The summed E-state index contributed by atoms with van der Waals surface area (Å²) in [5.74, 6) is 0.188. The van der Waals surface area contributed by atoms with Gasteiger partial charge in [-0.2, -0.15) is 0 Å². The fraction of sp³-hybridized carbons (Fsp3) is 0.158. The molecule has 3 N–H and O–H groups in total. The Kier molecular flexibility index (Phi) is 6.18. The third kappa shape index (κ3) is 4.70. The van der Waals surface area contributed by atoms with Gasteiger partial charge in [-0.25, -0.2) is 0 Å². The number of halogens is 2. The molecule has 0 saturated heterocycles. The summed E-state index contributed by atoms with van der Waals surface area (Å²) in [6.45, 7) is 0.284. The number of H-pyrrole nitrogens is 1. The lowest BCUT2D eigenvalue weighted by Crippen LogP contribution is -2.36. The highest BCUT2D eigenvalue weighted by Crippen LogP contribution is 2.30. The topological polar surface area (TPSA) is 83.2 Å². The Bertz CT molecular complexity index is 984. The second kappa shape index (κ2) is 8.58. The Labute approximate surface area is 172 Å². The molecule has 0 fully saturated rings. The van der Waals surface area contributed by atoms with Crippen LogP contribution in [0.15, 0.2) is 51.5 Å². The maximum absolute atomic E-state index is 12.4. The fourth-order valence-corrected chi connectivity index (χ4v) is 3.25. The molecule has 8 heteroatoms. The highest BCUT2D eigenvalue weighted by atomic mass is 79.9. The first-order valence-corrected chi connectivity index (χ1v) is 9.70. The number of hydrogen-bond donors (Lipinski definition) is 3. The number of carbonyl (C=O) groups is 2. The van der Waals surface area contributed by atoms with Crippen LogP contribution in [-0.4, -0.2) is 30.5 Å². The van der Waals surface area contributed by atoms with Gasteiger partial charge >= 0.3 is 0 Å². The number of hydrogen-bond acceptors (Lipinski definition) is 3. The van der Waals surface area contributed by atoms with Crippen molar-refractivity contribution >= 4 is 54.6 Å². The van der Waals surface area contributed by atoms with E-state index in [4.69, 9.17) is 4.74 Å². The van der Waals surface area contributed by atoms with Gasteiger partial charge in [-0.15, -0.1) is 0 Å². The van der Waals surface area contributed by atoms with Crippen LogP contribution in [0.1, 0.15) is 15.9 Å². The summed E-state index contributed by atoms with van der Waals surface area (Å²) in [5, 5.41) is 6.20. The molecule has 1 heterocycles. The van der Waals surface area contributed by atoms with Gasteiger partial charge in [0, 0.05) is 32.6 Å². The second-order valence-corrected chi connectivity index (χ2v) is 7.53. The molecule has 0 unspecified atom stereocenters. The number of nitrogens with one attached hydrogen (secondary N) is 3. The number of carbonyl (C=O) groups excluding carboxylic acids is 2. The van der Waals surface area contributed by atoms with Crippen LogP contribution < -0.4 is 15.4 Å². The molecule has 0 aliphatic carbocycles. The van der Waals surface area contributed by atoms with Crippen molar-refractivity contribution in [1.82, 2.24) is 15.6 Å². The molecule has 0 aliphatic rings. The normalized spacial score (nSPS) is 10.6. The van der Waals surface area contributed by atoms with Crippen molar-refractivity contribution in [3.05, 3.63) is 62.7 Å². The first-order valence-electron chi connectivity index (χ1n) is 8.12. The van der Waals surface area contributed by atoms with Crippen LogP contribution in [0.3, 0.4) is 0 Å². The third-order valence-electron chi connectivity index (χ3n) is 4.03. The van der Waals surface area contributed by atoms with Gasteiger partial charge in [0.2, 0.25) is 5.91 Å². The van der Waals surface area contributed by atoms with E-state index in [-0.39, 0.29) is 18.4 Å². The Morgan fingerprint density at radius 2 is 1.78 bits per heavy atom. The lowest BCUT2D eigenvalue weighted by Gasteiger charge is -2.08. The molecule has 0 aliphatic heterocycles. The smallest absolute Gasteiger partial charge is 0.253 e. The average molecular weight is 495 g/mol. The lowest BCUT2D eigenvalue weighted by molar-refractivity contribution is -0.120. The number of methoxy groups -OCH3 is 1.